The molecule has 3 heterocycles. The molecule has 0 radical (unpaired) electrons. The summed E-state index contributed by atoms with van der Waals surface area (Å²) < 4.78 is 4.65. The van der Waals surface area contributed by atoms with Gasteiger partial charge < -0.3 is 4.57 Å². The highest BCUT2D eigenvalue weighted by Gasteiger charge is 2.21. The molecule has 0 saturated carbocycles. The van der Waals surface area contributed by atoms with Gasteiger partial charge in [-0.25, -0.2) is 4.98 Å². The minimum atomic E-state index is 0.640. The van der Waals surface area contributed by atoms with Crippen molar-refractivity contribution in [2.75, 3.05) is 0 Å². The van der Waals surface area contributed by atoms with E-state index in [9.17, 15) is 5.26 Å². The Bertz CT molecular complexity index is 2370. The topological polar surface area (TPSA) is 46.5 Å². The number of rotatable bonds is 3. The number of hydrogen-bond donors (Lipinski definition) is 0. The molecule has 0 aliphatic heterocycles. The van der Waals surface area contributed by atoms with Crippen LogP contribution in [0.1, 0.15) is 27.8 Å². The van der Waals surface area contributed by atoms with Crippen LogP contribution in [0.15, 0.2) is 109 Å². The van der Waals surface area contributed by atoms with Crippen LogP contribution < -0.4 is 0 Å². The molecule has 5 aromatic carbocycles. The molecule has 0 aliphatic carbocycles. The van der Waals surface area contributed by atoms with Crippen molar-refractivity contribution in [3.63, 3.8) is 0 Å². The summed E-state index contributed by atoms with van der Waals surface area (Å²) in [7, 11) is 0. The maximum Gasteiger partial charge on any atom is 0.138 e. The molecule has 8 aromatic rings. The fraction of sp³-hybridized carbons (Fsp3) is 0.100. The second kappa shape index (κ2) is 9.69. The maximum atomic E-state index is 9.54. The molecule has 3 aromatic heterocycles. The summed E-state index contributed by atoms with van der Waals surface area (Å²) >= 11 is 0. The summed E-state index contributed by atoms with van der Waals surface area (Å²) in [6.07, 6.45) is 2.02. The summed E-state index contributed by atoms with van der Waals surface area (Å²) in [4.78, 5) is 5.20. The standard InChI is InChI=1S/C40H30N4/c1-24-9-5-13-31-37(24)38-25(2)10-6-14-32(38)43(31)35-23-42-36(21-30(35)29-19-17-28(22-41)18-20-29)44-33-15-7-11-26(3)39(33)40-27(4)12-8-16-34(40)44/h5-21,23H,1-4H3. The van der Waals surface area contributed by atoms with Crippen LogP contribution in [0.2, 0.25) is 0 Å². The molecule has 0 amide bonds. The van der Waals surface area contributed by atoms with Crippen LogP contribution in [-0.2, 0) is 0 Å². The lowest BCUT2D eigenvalue weighted by Gasteiger charge is -2.17. The predicted octanol–water partition coefficient (Wildman–Crippen LogP) is 10.0. The molecular weight excluding hydrogens is 536 g/mol. The van der Waals surface area contributed by atoms with Crippen molar-refractivity contribution in [1.82, 2.24) is 14.1 Å². The summed E-state index contributed by atoms with van der Waals surface area (Å²) in [5.41, 5.74) is 13.3. The molecule has 0 bridgehead atoms. The molecule has 0 saturated heterocycles. The summed E-state index contributed by atoms with van der Waals surface area (Å²) in [6.45, 7) is 8.74. The Kier molecular flexibility index (Phi) is 5.73. The first-order valence-electron chi connectivity index (χ1n) is 15.0. The number of aryl methyl sites for hydroxylation is 4. The monoisotopic (exact) mass is 566 g/mol. The van der Waals surface area contributed by atoms with Crippen LogP contribution in [0.3, 0.4) is 0 Å². The van der Waals surface area contributed by atoms with E-state index in [4.69, 9.17) is 4.98 Å². The normalized spacial score (nSPS) is 11.6. The van der Waals surface area contributed by atoms with Gasteiger partial charge in [-0.2, -0.15) is 5.26 Å². The van der Waals surface area contributed by atoms with Crippen molar-refractivity contribution in [3.8, 4) is 28.7 Å². The second-order valence-electron chi connectivity index (χ2n) is 11.8. The Labute approximate surface area is 256 Å². The highest BCUT2D eigenvalue weighted by atomic mass is 15.1. The zero-order chi connectivity index (χ0) is 30.1. The predicted molar refractivity (Wildman–Crippen MR) is 182 cm³/mol. The number of aromatic nitrogens is 3. The lowest BCUT2D eigenvalue weighted by molar-refractivity contribution is 1.05. The largest absolute Gasteiger partial charge is 0.307 e. The average Bonchev–Trinajstić information content (AvgIpc) is 3.57. The van der Waals surface area contributed by atoms with Gasteiger partial charge in [0.1, 0.15) is 5.82 Å². The molecule has 4 heteroatoms. The third-order valence-electron chi connectivity index (χ3n) is 9.13. The first-order chi connectivity index (χ1) is 21.5. The van der Waals surface area contributed by atoms with Crippen LogP contribution >= 0.6 is 0 Å². The molecule has 4 nitrogen and oxygen atoms in total. The Hall–Kier alpha value is -5.66. The highest BCUT2D eigenvalue weighted by Crippen LogP contribution is 2.40. The lowest BCUT2D eigenvalue weighted by Crippen LogP contribution is -2.03. The smallest absolute Gasteiger partial charge is 0.138 e. The van der Waals surface area contributed by atoms with Crippen LogP contribution in [0.4, 0.5) is 0 Å². The zero-order valence-corrected chi connectivity index (χ0v) is 25.2. The fourth-order valence-corrected chi connectivity index (χ4v) is 7.11. The Balaban J connectivity index is 1.50. The molecule has 8 rings (SSSR count). The van der Waals surface area contributed by atoms with Gasteiger partial charge in [0.25, 0.3) is 0 Å². The van der Waals surface area contributed by atoms with E-state index in [0.29, 0.717) is 5.56 Å². The molecule has 210 valence electrons. The van der Waals surface area contributed by atoms with Gasteiger partial charge in [0.15, 0.2) is 0 Å². The van der Waals surface area contributed by atoms with Crippen LogP contribution in [0.5, 0.6) is 0 Å². The van der Waals surface area contributed by atoms with Gasteiger partial charge in [0.05, 0.1) is 45.6 Å². The van der Waals surface area contributed by atoms with Crippen molar-refractivity contribution in [1.29, 1.82) is 5.26 Å². The van der Waals surface area contributed by atoms with Crippen molar-refractivity contribution in [3.05, 3.63) is 137 Å². The van der Waals surface area contributed by atoms with Crippen molar-refractivity contribution < 1.29 is 0 Å². The van der Waals surface area contributed by atoms with Gasteiger partial charge in [-0.15, -0.1) is 0 Å². The molecule has 0 N–H and O–H groups in total. The number of benzene rings is 5. The van der Waals surface area contributed by atoms with Gasteiger partial charge in [0, 0.05) is 27.1 Å². The van der Waals surface area contributed by atoms with Gasteiger partial charge in [-0.05, 0) is 98.0 Å². The van der Waals surface area contributed by atoms with Crippen LogP contribution in [0, 0.1) is 39.0 Å². The van der Waals surface area contributed by atoms with Gasteiger partial charge in [0.2, 0.25) is 0 Å². The van der Waals surface area contributed by atoms with Crippen molar-refractivity contribution >= 4 is 43.6 Å². The first-order valence-corrected chi connectivity index (χ1v) is 15.0. The Morgan fingerprint density at radius 3 is 1.41 bits per heavy atom. The summed E-state index contributed by atoms with van der Waals surface area (Å²) in [5, 5.41) is 14.6. The van der Waals surface area contributed by atoms with Crippen LogP contribution in [0.25, 0.3) is 66.2 Å². The second-order valence-corrected chi connectivity index (χ2v) is 11.8. The maximum absolute atomic E-state index is 9.54. The van der Waals surface area contributed by atoms with Gasteiger partial charge in [-0.1, -0.05) is 60.7 Å². The molecule has 0 spiro atoms. The van der Waals surface area contributed by atoms with E-state index in [2.05, 4.69) is 122 Å². The zero-order valence-electron chi connectivity index (χ0n) is 25.2. The average molecular weight is 567 g/mol. The van der Waals surface area contributed by atoms with E-state index in [1.165, 1.54) is 43.8 Å². The fourth-order valence-electron chi connectivity index (χ4n) is 7.11. The van der Waals surface area contributed by atoms with Gasteiger partial charge >= 0.3 is 0 Å². The van der Waals surface area contributed by atoms with E-state index < -0.39 is 0 Å². The third-order valence-corrected chi connectivity index (χ3v) is 9.13. The third kappa shape index (κ3) is 3.66. The Morgan fingerprint density at radius 2 is 0.977 bits per heavy atom. The van der Waals surface area contributed by atoms with E-state index in [1.807, 2.05) is 30.5 Å². The number of pyridine rings is 1. The number of fused-ring (bicyclic) bond motifs is 6. The number of nitrogens with zero attached hydrogens (tertiary/aromatic N) is 4. The quantitative estimate of drug-likeness (QED) is 0.214. The molecule has 44 heavy (non-hydrogen) atoms. The number of hydrogen-bond acceptors (Lipinski definition) is 2. The van der Waals surface area contributed by atoms with Gasteiger partial charge in [-0.3, -0.25) is 4.57 Å². The van der Waals surface area contributed by atoms with E-state index >= 15 is 0 Å². The minimum Gasteiger partial charge on any atom is -0.307 e. The van der Waals surface area contributed by atoms with Crippen molar-refractivity contribution in [2.45, 2.75) is 27.7 Å². The summed E-state index contributed by atoms with van der Waals surface area (Å²) in [5.74, 6) is 0.859. The SMILES string of the molecule is Cc1cccc2c1c1c(C)cccc1n2-c1cc(-c2ccc(C#N)cc2)c(-n2c3cccc(C)c3c3c(C)cccc32)cn1. The van der Waals surface area contributed by atoms with E-state index in [0.717, 1.165) is 44.7 Å². The lowest BCUT2D eigenvalue weighted by atomic mass is 10.0. The minimum absolute atomic E-state index is 0.640. The highest BCUT2D eigenvalue weighted by molar-refractivity contribution is 6.13. The molecule has 0 unspecified atom stereocenters. The van der Waals surface area contributed by atoms with E-state index in [1.54, 1.807) is 0 Å². The Morgan fingerprint density at radius 1 is 0.545 bits per heavy atom. The van der Waals surface area contributed by atoms with E-state index in [-0.39, 0.29) is 0 Å². The molecular formula is C40H30N4. The molecule has 0 aliphatic rings. The number of nitriles is 1. The molecule has 0 fully saturated rings. The first kappa shape index (κ1) is 26.0. The van der Waals surface area contributed by atoms with Crippen LogP contribution in [-0.4, -0.2) is 14.1 Å². The molecule has 0 atom stereocenters. The van der Waals surface area contributed by atoms with Crippen molar-refractivity contribution in [2.24, 2.45) is 0 Å². The summed E-state index contributed by atoms with van der Waals surface area (Å²) in [6, 6.07) is 38.4.